The molecule has 5 nitrogen and oxygen atoms in total. The van der Waals surface area contributed by atoms with E-state index in [0.717, 1.165) is 50.0 Å². The molecule has 8 rings (SSSR count). The number of furan rings is 2. The van der Waals surface area contributed by atoms with Crippen molar-refractivity contribution in [2.75, 3.05) is 23.9 Å². The van der Waals surface area contributed by atoms with Crippen LogP contribution >= 0.6 is 0 Å². The summed E-state index contributed by atoms with van der Waals surface area (Å²) in [6, 6.07) is 39.1. The van der Waals surface area contributed by atoms with Crippen LogP contribution < -0.4 is 30.1 Å². The molecule has 304 valence electrons. The van der Waals surface area contributed by atoms with Gasteiger partial charge in [-0.3, -0.25) is 0 Å². The molecule has 0 aliphatic carbocycles. The Hall–Kier alpha value is -5.24. The Morgan fingerprint density at radius 1 is 0.492 bits per heavy atom. The maximum atomic E-state index is 13.4. The number of halogens is 3. The van der Waals surface area contributed by atoms with Gasteiger partial charge in [0, 0.05) is 41.3 Å². The first-order valence-corrected chi connectivity index (χ1v) is 30.3. The van der Waals surface area contributed by atoms with Crippen molar-refractivity contribution in [3.8, 4) is 5.75 Å². The van der Waals surface area contributed by atoms with Crippen LogP contribution in [0.4, 0.5) is 35.9 Å². The van der Waals surface area contributed by atoms with E-state index in [9.17, 15) is 13.2 Å². The second-order valence-corrected chi connectivity index (χ2v) is 33.1. The fourth-order valence-corrected chi connectivity index (χ4v) is 14.6. The van der Waals surface area contributed by atoms with Crippen LogP contribution in [0, 0.1) is 0 Å². The number of alkyl halides is 3. The van der Waals surface area contributed by atoms with Gasteiger partial charge in [0.15, 0.2) is 16.9 Å². The molecule has 2 aromatic heterocycles. The lowest BCUT2D eigenvalue weighted by atomic mass is 10.1. The molecule has 0 amide bonds. The molecule has 0 N–H and O–H groups in total. The lowest BCUT2D eigenvalue weighted by Gasteiger charge is -2.28. The van der Waals surface area contributed by atoms with E-state index in [0.29, 0.717) is 11.3 Å². The third-order valence-electron chi connectivity index (χ3n) is 11.6. The molecule has 0 radical (unpaired) electrons. The van der Waals surface area contributed by atoms with Gasteiger partial charge in [-0.25, -0.2) is 0 Å². The van der Waals surface area contributed by atoms with Crippen LogP contribution in [0.15, 0.2) is 124 Å². The second kappa shape index (κ2) is 14.5. The normalized spacial score (nSPS) is 12.9. The van der Waals surface area contributed by atoms with E-state index in [1.165, 1.54) is 38.9 Å². The first kappa shape index (κ1) is 40.5. The number of nitrogens with zero attached hydrogens (tertiary/aromatic N) is 2. The van der Waals surface area contributed by atoms with Crippen LogP contribution in [0.5, 0.6) is 5.75 Å². The SMILES string of the molecule is CN(c1ccccc1OC(F)(F)F)c1cccc2c1oc1c([Si](C)(C)Cc3ccc(N(C)c4ccccc4[Si](C)(C)C)c4oc5c([Si](C)(C)C)cccc5c34)cccc12. The number of hydrogen-bond donors (Lipinski definition) is 0. The predicted octanol–water partition coefficient (Wildman–Crippen LogP) is 12.7. The van der Waals surface area contributed by atoms with Gasteiger partial charge in [0.2, 0.25) is 0 Å². The smallest absolute Gasteiger partial charge is 0.454 e. The van der Waals surface area contributed by atoms with Gasteiger partial charge in [0.05, 0.1) is 41.3 Å². The number of ether oxygens (including phenoxy) is 1. The molecule has 0 saturated carbocycles. The number of fused-ring (bicyclic) bond motifs is 6. The van der Waals surface area contributed by atoms with Crippen LogP contribution in [0.2, 0.25) is 52.4 Å². The standard InChI is InChI=1S/C48H51F3N2O3Si3/c1-52(35-21-11-13-24-39(35)56-48(49,50)51)37-23-15-18-32-33-19-16-27-42(45(33)54-44(32)37)59(9,10)30-31-28-29-38(53(2)36-22-12-14-25-40(36)57(3,4)5)47-43(31)34-20-17-26-41(46(34)55-47)58(6,7)8/h11-29H,30H2,1-10H3. The van der Waals surface area contributed by atoms with E-state index in [4.69, 9.17) is 8.83 Å². The molecule has 0 saturated heterocycles. The summed E-state index contributed by atoms with van der Waals surface area (Å²) >= 11 is 0. The monoisotopic (exact) mass is 844 g/mol. The van der Waals surface area contributed by atoms with Crippen molar-refractivity contribution in [2.45, 2.75) is 64.8 Å². The van der Waals surface area contributed by atoms with E-state index in [1.54, 1.807) is 24.1 Å². The summed E-state index contributed by atoms with van der Waals surface area (Å²) in [6.07, 6.45) is -4.83. The van der Waals surface area contributed by atoms with Crippen molar-refractivity contribution in [3.05, 3.63) is 121 Å². The minimum absolute atomic E-state index is 0.277. The Morgan fingerprint density at radius 2 is 0.983 bits per heavy atom. The number of benzene rings is 6. The Morgan fingerprint density at radius 3 is 1.66 bits per heavy atom. The fraction of sp³-hybridized carbons (Fsp3) is 0.250. The van der Waals surface area contributed by atoms with Gasteiger partial charge >= 0.3 is 6.36 Å². The zero-order valence-corrected chi connectivity index (χ0v) is 38.4. The summed E-state index contributed by atoms with van der Waals surface area (Å²) in [5.41, 5.74) is 7.73. The molecule has 2 heterocycles. The minimum Gasteiger partial charge on any atom is -0.454 e. The van der Waals surface area contributed by atoms with E-state index in [1.807, 2.05) is 18.2 Å². The summed E-state index contributed by atoms with van der Waals surface area (Å²) < 4.78 is 58.7. The van der Waals surface area contributed by atoms with Crippen molar-refractivity contribution in [2.24, 2.45) is 0 Å². The molecule has 0 spiro atoms. The highest BCUT2D eigenvalue weighted by molar-refractivity contribution is 6.91. The molecule has 8 aromatic rings. The van der Waals surface area contributed by atoms with E-state index in [2.05, 4.69) is 142 Å². The maximum absolute atomic E-state index is 13.4. The van der Waals surface area contributed by atoms with Crippen LogP contribution in [0.1, 0.15) is 5.56 Å². The summed E-state index contributed by atoms with van der Waals surface area (Å²) in [4.78, 5) is 4.01. The Labute approximate surface area is 347 Å². The van der Waals surface area contributed by atoms with E-state index >= 15 is 0 Å². The van der Waals surface area contributed by atoms with Crippen LogP contribution in [-0.4, -0.2) is 44.7 Å². The van der Waals surface area contributed by atoms with Crippen molar-refractivity contribution < 1.29 is 26.7 Å². The molecule has 6 aromatic carbocycles. The molecule has 0 fully saturated rings. The first-order chi connectivity index (χ1) is 27.7. The number of rotatable bonds is 10. The Balaban J connectivity index is 1.27. The van der Waals surface area contributed by atoms with Crippen LogP contribution in [0.3, 0.4) is 0 Å². The zero-order chi connectivity index (χ0) is 42.2. The molecule has 0 unspecified atom stereocenters. The molecule has 0 aliphatic heterocycles. The fourth-order valence-electron chi connectivity index (χ4n) is 8.74. The molecule has 0 atom stereocenters. The topological polar surface area (TPSA) is 42.0 Å². The quantitative estimate of drug-likeness (QED) is 0.128. The third-order valence-corrected chi connectivity index (χ3v) is 18.8. The van der Waals surface area contributed by atoms with Gasteiger partial charge in [0.1, 0.15) is 11.2 Å². The predicted molar refractivity (Wildman–Crippen MR) is 250 cm³/mol. The largest absolute Gasteiger partial charge is 0.573 e. The van der Waals surface area contributed by atoms with E-state index in [-0.39, 0.29) is 11.4 Å². The summed E-state index contributed by atoms with van der Waals surface area (Å²) in [5.74, 6) is -0.280. The van der Waals surface area contributed by atoms with Crippen molar-refractivity contribution in [1.82, 2.24) is 0 Å². The number of para-hydroxylation sites is 6. The third kappa shape index (κ3) is 7.38. The average molecular weight is 845 g/mol. The van der Waals surface area contributed by atoms with Crippen LogP contribution in [0.25, 0.3) is 43.9 Å². The average Bonchev–Trinajstić information content (AvgIpc) is 3.76. The summed E-state index contributed by atoms with van der Waals surface area (Å²) in [5, 5.41) is 8.08. The summed E-state index contributed by atoms with van der Waals surface area (Å²) in [6.45, 7) is 19.1. The van der Waals surface area contributed by atoms with Gasteiger partial charge in [-0.05, 0) is 57.5 Å². The van der Waals surface area contributed by atoms with Crippen molar-refractivity contribution in [3.63, 3.8) is 0 Å². The number of hydrogen-bond acceptors (Lipinski definition) is 5. The van der Waals surface area contributed by atoms with Gasteiger partial charge in [-0.1, -0.05) is 137 Å². The number of anilines is 4. The van der Waals surface area contributed by atoms with Gasteiger partial charge in [-0.2, -0.15) is 0 Å². The van der Waals surface area contributed by atoms with Gasteiger partial charge in [-0.15, -0.1) is 13.2 Å². The van der Waals surface area contributed by atoms with Gasteiger partial charge < -0.3 is 23.4 Å². The van der Waals surface area contributed by atoms with Crippen molar-refractivity contribution in [1.29, 1.82) is 0 Å². The molecular formula is C48H51F3N2O3Si3. The van der Waals surface area contributed by atoms with Crippen molar-refractivity contribution >= 4 is 106 Å². The van der Waals surface area contributed by atoms with Crippen LogP contribution in [-0.2, 0) is 6.04 Å². The maximum Gasteiger partial charge on any atom is 0.573 e. The molecule has 0 bridgehead atoms. The van der Waals surface area contributed by atoms with E-state index < -0.39 is 30.6 Å². The minimum atomic E-state index is -4.83. The molecular weight excluding hydrogens is 794 g/mol. The summed E-state index contributed by atoms with van der Waals surface area (Å²) in [7, 11) is -1.92. The highest BCUT2D eigenvalue weighted by atomic mass is 28.3. The first-order valence-electron chi connectivity index (χ1n) is 20.1. The van der Waals surface area contributed by atoms with Gasteiger partial charge in [0.25, 0.3) is 0 Å². The lowest BCUT2D eigenvalue weighted by Crippen LogP contribution is -2.44. The Kier molecular flexibility index (Phi) is 9.96. The molecule has 11 heteroatoms. The lowest BCUT2D eigenvalue weighted by molar-refractivity contribution is -0.274. The highest BCUT2D eigenvalue weighted by Crippen LogP contribution is 2.43. The zero-order valence-electron chi connectivity index (χ0n) is 35.4. The highest BCUT2D eigenvalue weighted by Gasteiger charge is 2.34. The molecule has 0 aliphatic rings. The molecule has 59 heavy (non-hydrogen) atoms. The Bertz CT molecular complexity index is 2880. The second-order valence-electron chi connectivity index (χ2n) is 18.4.